The van der Waals surface area contributed by atoms with E-state index in [-0.39, 0.29) is 17.1 Å². The summed E-state index contributed by atoms with van der Waals surface area (Å²) in [6.45, 7) is -0.0939. The molecule has 0 atom stereocenters. The number of carbonyl (C=O) groups is 1. The van der Waals surface area contributed by atoms with Crippen LogP contribution >= 0.6 is 0 Å². The predicted octanol–water partition coefficient (Wildman–Crippen LogP) is 2.67. The van der Waals surface area contributed by atoms with Crippen LogP contribution < -0.4 is 15.8 Å². The summed E-state index contributed by atoms with van der Waals surface area (Å²) in [5.74, 6) is 0. The first kappa shape index (κ1) is 18.7. The van der Waals surface area contributed by atoms with Crippen LogP contribution in [0.5, 0.6) is 0 Å². The number of primary sulfonamides is 1. The number of rotatable bonds is 4. The highest BCUT2D eigenvalue weighted by Gasteiger charge is 2.33. The van der Waals surface area contributed by atoms with Gasteiger partial charge in [0.2, 0.25) is 10.0 Å². The molecular formula is C15H14F3N3O3S. The number of urea groups is 1. The zero-order valence-electron chi connectivity index (χ0n) is 12.7. The SMILES string of the molecule is NS(=O)(=O)c1cccc(CNC(=O)Nc2ccccc2C(F)(F)F)c1. The third-order valence-corrected chi connectivity index (χ3v) is 4.07. The van der Waals surface area contributed by atoms with Crippen LogP contribution in [0.2, 0.25) is 0 Å². The maximum Gasteiger partial charge on any atom is 0.418 e. The summed E-state index contributed by atoms with van der Waals surface area (Å²) in [5.41, 5.74) is -0.932. The Labute approximate surface area is 141 Å². The Hall–Kier alpha value is -2.59. The van der Waals surface area contributed by atoms with Crippen LogP contribution in [0, 0.1) is 0 Å². The minimum atomic E-state index is -4.60. The second-order valence-electron chi connectivity index (χ2n) is 5.04. The van der Waals surface area contributed by atoms with E-state index in [0.717, 1.165) is 12.1 Å². The highest BCUT2D eigenvalue weighted by Crippen LogP contribution is 2.34. The van der Waals surface area contributed by atoms with Gasteiger partial charge in [0.25, 0.3) is 0 Å². The number of alkyl halides is 3. The molecule has 6 nitrogen and oxygen atoms in total. The Kier molecular flexibility index (Phi) is 5.33. The average Bonchev–Trinajstić information content (AvgIpc) is 2.52. The summed E-state index contributed by atoms with van der Waals surface area (Å²) < 4.78 is 61.1. The van der Waals surface area contributed by atoms with Crippen molar-refractivity contribution in [2.75, 3.05) is 5.32 Å². The van der Waals surface area contributed by atoms with Crippen molar-refractivity contribution in [3.05, 3.63) is 59.7 Å². The minimum absolute atomic E-state index is 0.0939. The number of hydrogen-bond donors (Lipinski definition) is 3. The first-order chi connectivity index (χ1) is 11.6. The highest BCUT2D eigenvalue weighted by molar-refractivity contribution is 7.89. The predicted molar refractivity (Wildman–Crippen MR) is 85.1 cm³/mol. The smallest absolute Gasteiger partial charge is 0.334 e. The zero-order chi connectivity index (χ0) is 18.7. The molecule has 0 saturated carbocycles. The van der Waals surface area contributed by atoms with Gasteiger partial charge in [0.1, 0.15) is 0 Å². The van der Waals surface area contributed by atoms with Gasteiger partial charge in [0, 0.05) is 6.54 Å². The van der Waals surface area contributed by atoms with E-state index in [1.807, 2.05) is 0 Å². The van der Waals surface area contributed by atoms with Crippen LogP contribution in [-0.4, -0.2) is 14.4 Å². The topological polar surface area (TPSA) is 101 Å². The molecule has 0 saturated heterocycles. The number of halogens is 3. The molecule has 2 aromatic rings. The van der Waals surface area contributed by atoms with Crippen LogP contribution in [0.25, 0.3) is 0 Å². The van der Waals surface area contributed by atoms with Crippen LogP contribution in [0.4, 0.5) is 23.7 Å². The van der Waals surface area contributed by atoms with Gasteiger partial charge in [0.15, 0.2) is 0 Å². The quantitative estimate of drug-likeness (QED) is 0.768. The van der Waals surface area contributed by atoms with Crippen molar-refractivity contribution >= 4 is 21.7 Å². The molecular weight excluding hydrogens is 359 g/mol. The lowest BCUT2D eigenvalue weighted by atomic mass is 10.1. The van der Waals surface area contributed by atoms with Crippen molar-refractivity contribution in [1.82, 2.24) is 5.32 Å². The number of nitrogens with one attached hydrogen (secondary N) is 2. The average molecular weight is 373 g/mol. The van der Waals surface area contributed by atoms with Crippen LogP contribution in [0.1, 0.15) is 11.1 Å². The number of sulfonamides is 1. The van der Waals surface area contributed by atoms with Gasteiger partial charge in [0.05, 0.1) is 16.1 Å². The Morgan fingerprint density at radius 3 is 2.40 bits per heavy atom. The van der Waals surface area contributed by atoms with Crippen LogP contribution in [0.3, 0.4) is 0 Å². The van der Waals surface area contributed by atoms with Gasteiger partial charge in [-0.15, -0.1) is 0 Å². The minimum Gasteiger partial charge on any atom is -0.334 e. The summed E-state index contributed by atoms with van der Waals surface area (Å²) in [6.07, 6.45) is -4.60. The maximum atomic E-state index is 12.9. The van der Waals surface area contributed by atoms with Crippen LogP contribution in [0.15, 0.2) is 53.4 Å². The lowest BCUT2D eigenvalue weighted by molar-refractivity contribution is -0.136. The van der Waals surface area contributed by atoms with Crippen molar-refractivity contribution in [2.45, 2.75) is 17.6 Å². The fourth-order valence-corrected chi connectivity index (χ4v) is 2.60. The third kappa shape index (κ3) is 5.19. The number of para-hydroxylation sites is 1. The normalized spacial score (nSPS) is 11.8. The molecule has 0 aliphatic heterocycles. The molecule has 25 heavy (non-hydrogen) atoms. The van der Waals surface area contributed by atoms with Crippen molar-refractivity contribution in [3.63, 3.8) is 0 Å². The number of anilines is 1. The van der Waals surface area contributed by atoms with E-state index in [4.69, 9.17) is 5.14 Å². The molecule has 0 fully saturated rings. The van der Waals surface area contributed by atoms with E-state index in [2.05, 4.69) is 10.6 Å². The number of hydrogen-bond acceptors (Lipinski definition) is 3. The fourth-order valence-electron chi connectivity index (χ4n) is 2.02. The second-order valence-corrected chi connectivity index (χ2v) is 6.60. The summed E-state index contributed by atoms with van der Waals surface area (Å²) in [6, 6.07) is 9.22. The molecule has 0 radical (unpaired) electrons. The summed E-state index contributed by atoms with van der Waals surface area (Å²) in [7, 11) is -3.89. The number of amides is 2. The standard InChI is InChI=1S/C15H14F3N3O3S/c16-15(17,18)12-6-1-2-7-13(12)21-14(22)20-9-10-4-3-5-11(8-10)25(19,23)24/h1-8H,9H2,(H2,19,23,24)(H2,20,21,22). The Morgan fingerprint density at radius 1 is 1.08 bits per heavy atom. The fraction of sp³-hybridized carbons (Fsp3) is 0.133. The van der Waals surface area contributed by atoms with Crippen molar-refractivity contribution in [2.24, 2.45) is 5.14 Å². The number of carbonyl (C=O) groups excluding carboxylic acids is 1. The molecule has 0 aromatic heterocycles. The molecule has 134 valence electrons. The lowest BCUT2D eigenvalue weighted by Gasteiger charge is -2.14. The molecule has 0 bridgehead atoms. The lowest BCUT2D eigenvalue weighted by Crippen LogP contribution is -2.29. The maximum absolute atomic E-state index is 12.9. The van der Waals surface area contributed by atoms with Crippen molar-refractivity contribution in [3.8, 4) is 0 Å². The summed E-state index contributed by atoms with van der Waals surface area (Å²) >= 11 is 0. The van der Waals surface area contributed by atoms with Gasteiger partial charge in [-0.25, -0.2) is 18.4 Å². The Balaban J connectivity index is 2.06. The molecule has 0 aliphatic carbocycles. The first-order valence-corrected chi connectivity index (χ1v) is 8.45. The van der Waals surface area contributed by atoms with E-state index in [1.54, 1.807) is 6.07 Å². The van der Waals surface area contributed by atoms with Gasteiger partial charge in [-0.2, -0.15) is 13.2 Å². The number of nitrogens with two attached hydrogens (primary N) is 1. The molecule has 2 amide bonds. The first-order valence-electron chi connectivity index (χ1n) is 6.90. The third-order valence-electron chi connectivity index (χ3n) is 3.16. The van der Waals surface area contributed by atoms with E-state index in [1.165, 1.54) is 30.3 Å². The Morgan fingerprint density at radius 2 is 1.76 bits per heavy atom. The molecule has 0 heterocycles. The van der Waals surface area contributed by atoms with Crippen molar-refractivity contribution < 1.29 is 26.4 Å². The highest BCUT2D eigenvalue weighted by atomic mass is 32.2. The van der Waals surface area contributed by atoms with E-state index in [0.29, 0.717) is 5.56 Å². The molecule has 2 aromatic carbocycles. The zero-order valence-corrected chi connectivity index (χ0v) is 13.5. The monoisotopic (exact) mass is 373 g/mol. The van der Waals surface area contributed by atoms with Crippen molar-refractivity contribution in [1.29, 1.82) is 0 Å². The van der Waals surface area contributed by atoms with Gasteiger partial charge in [-0.1, -0.05) is 24.3 Å². The van der Waals surface area contributed by atoms with Gasteiger partial charge < -0.3 is 10.6 Å². The second kappa shape index (κ2) is 7.11. The van der Waals surface area contributed by atoms with E-state index >= 15 is 0 Å². The largest absolute Gasteiger partial charge is 0.418 e. The van der Waals surface area contributed by atoms with E-state index < -0.39 is 27.8 Å². The molecule has 0 spiro atoms. The summed E-state index contributed by atoms with van der Waals surface area (Å²) in [5, 5.41) is 9.48. The molecule has 2 rings (SSSR count). The molecule has 0 unspecified atom stereocenters. The van der Waals surface area contributed by atoms with Gasteiger partial charge in [-0.05, 0) is 29.8 Å². The molecule has 0 aliphatic rings. The van der Waals surface area contributed by atoms with Crippen LogP contribution in [-0.2, 0) is 22.7 Å². The van der Waals surface area contributed by atoms with E-state index in [9.17, 15) is 26.4 Å². The van der Waals surface area contributed by atoms with Gasteiger partial charge >= 0.3 is 12.2 Å². The Bertz CT molecular complexity index is 883. The number of benzene rings is 2. The van der Waals surface area contributed by atoms with Gasteiger partial charge in [-0.3, -0.25) is 0 Å². The molecule has 10 heteroatoms. The molecule has 4 N–H and O–H groups in total. The summed E-state index contributed by atoms with van der Waals surface area (Å²) in [4.78, 5) is 11.7.